The van der Waals surface area contributed by atoms with Gasteiger partial charge in [-0.1, -0.05) is 19.8 Å². The lowest BCUT2D eigenvalue weighted by Crippen LogP contribution is -2.39. The molecule has 7 heteroatoms. The van der Waals surface area contributed by atoms with Gasteiger partial charge >= 0.3 is 9.05 Å². The van der Waals surface area contributed by atoms with E-state index in [1.165, 1.54) is 31.7 Å². The molecule has 1 aliphatic rings. The summed E-state index contributed by atoms with van der Waals surface area (Å²) in [5, 5.41) is 0. The normalized spacial score (nSPS) is 24.6. The SMILES string of the molecule is CCCC1CCC[Si](C)(C)O1.O[Si](O)(O)O. The molecule has 0 amide bonds. The summed E-state index contributed by atoms with van der Waals surface area (Å²) in [6, 6.07) is 1.37. The first kappa shape index (κ1) is 16.2. The molecule has 1 atom stereocenters. The van der Waals surface area contributed by atoms with Crippen LogP contribution in [0.5, 0.6) is 0 Å². The average molecular weight is 268 g/mol. The van der Waals surface area contributed by atoms with Crippen LogP contribution in [0.25, 0.3) is 0 Å². The molecule has 1 saturated heterocycles. The zero-order chi connectivity index (χ0) is 12.8. The molecule has 1 aliphatic heterocycles. The van der Waals surface area contributed by atoms with Crippen LogP contribution < -0.4 is 0 Å². The highest BCUT2D eigenvalue weighted by molar-refractivity contribution is 6.71. The van der Waals surface area contributed by atoms with Gasteiger partial charge in [-0.2, -0.15) is 0 Å². The second-order valence-electron chi connectivity index (χ2n) is 4.78. The minimum absolute atomic E-state index is 0.607. The molecule has 16 heavy (non-hydrogen) atoms. The van der Waals surface area contributed by atoms with Gasteiger partial charge in [-0.3, -0.25) is 0 Å². The Morgan fingerprint density at radius 2 is 1.75 bits per heavy atom. The van der Waals surface area contributed by atoms with Crippen molar-refractivity contribution >= 4 is 17.4 Å². The van der Waals surface area contributed by atoms with E-state index in [4.69, 9.17) is 23.6 Å². The molecule has 1 fully saturated rings. The van der Waals surface area contributed by atoms with E-state index < -0.39 is 17.4 Å². The summed E-state index contributed by atoms with van der Waals surface area (Å²) >= 11 is 0. The Morgan fingerprint density at radius 1 is 1.25 bits per heavy atom. The monoisotopic (exact) mass is 268 g/mol. The highest BCUT2D eigenvalue weighted by Crippen LogP contribution is 2.27. The summed E-state index contributed by atoms with van der Waals surface area (Å²) in [6.07, 6.45) is 5.87. The molecule has 1 heterocycles. The second kappa shape index (κ2) is 6.85. The molecule has 0 bridgehead atoms. The Balaban J connectivity index is 0.000000385. The van der Waals surface area contributed by atoms with Crippen molar-refractivity contribution in [3.63, 3.8) is 0 Å². The van der Waals surface area contributed by atoms with Crippen molar-refractivity contribution in [2.75, 3.05) is 0 Å². The molecule has 0 radical (unpaired) electrons. The lowest BCUT2D eigenvalue weighted by Gasteiger charge is -2.34. The minimum Gasteiger partial charge on any atom is -0.414 e. The highest BCUT2D eigenvalue weighted by Gasteiger charge is 2.30. The first-order chi connectivity index (χ1) is 7.14. The highest BCUT2D eigenvalue weighted by atomic mass is 28.4. The first-order valence-electron chi connectivity index (χ1n) is 5.71. The molecule has 5 nitrogen and oxygen atoms in total. The fourth-order valence-corrected chi connectivity index (χ4v) is 4.16. The minimum atomic E-state index is -4.61. The maximum Gasteiger partial charge on any atom is 0.668 e. The van der Waals surface area contributed by atoms with Gasteiger partial charge in [0.15, 0.2) is 8.32 Å². The van der Waals surface area contributed by atoms with Crippen LogP contribution in [0, 0.1) is 0 Å². The largest absolute Gasteiger partial charge is 0.668 e. The molecule has 0 saturated carbocycles. The number of hydrogen-bond donors (Lipinski definition) is 4. The second-order valence-corrected chi connectivity index (χ2v) is 10.2. The van der Waals surface area contributed by atoms with E-state index in [-0.39, 0.29) is 0 Å². The fourth-order valence-electron chi connectivity index (χ4n) is 1.85. The molecule has 0 aliphatic carbocycles. The van der Waals surface area contributed by atoms with Crippen molar-refractivity contribution in [2.45, 2.75) is 57.8 Å². The van der Waals surface area contributed by atoms with E-state index in [2.05, 4.69) is 20.0 Å². The Morgan fingerprint density at radius 3 is 2.12 bits per heavy atom. The lowest BCUT2D eigenvalue weighted by atomic mass is 10.1. The summed E-state index contributed by atoms with van der Waals surface area (Å²) in [5.74, 6) is 0. The van der Waals surface area contributed by atoms with E-state index in [9.17, 15) is 0 Å². The van der Waals surface area contributed by atoms with Crippen molar-refractivity contribution in [3.05, 3.63) is 0 Å². The fraction of sp³-hybridized carbons (Fsp3) is 1.00. The van der Waals surface area contributed by atoms with Gasteiger partial charge in [-0.25, -0.2) is 0 Å². The van der Waals surface area contributed by atoms with E-state index >= 15 is 0 Å². The van der Waals surface area contributed by atoms with E-state index in [1.807, 2.05) is 0 Å². The van der Waals surface area contributed by atoms with Gasteiger partial charge in [0, 0.05) is 6.10 Å². The summed E-state index contributed by atoms with van der Waals surface area (Å²) in [6.45, 7) is 6.93. The molecule has 0 aromatic rings. The Bertz CT molecular complexity index is 185. The van der Waals surface area contributed by atoms with Gasteiger partial charge in [-0.15, -0.1) is 0 Å². The predicted molar refractivity (Wildman–Crippen MR) is 65.9 cm³/mol. The van der Waals surface area contributed by atoms with Crippen LogP contribution in [0.15, 0.2) is 0 Å². The van der Waals surface area contributed by atoms with E-state index in [1.54, 1.807) is 0 Å². The van der Waals surface area contributed by atoms with Crippen molar-refractivity contribution in [3.8, 4) is 0 Å². The zero-order valence-electron chi connectivity index (χ0n) is 10.3. The molecule has 1 rings (SSSR count). The van der Waals surface area contributed by atoms with Gasteiger partial charge in [0.2, 0.25) is 0 Å². The van der Waals surface area contributed by atoms with Crippen LogP contribution in [-0.4, -0.2) is 42.7 Å². The quantitative estimate of drug-likeness (QED) is 0.550. The van der Waals surface area contributed by atoms with Crippen LogP contribution in [0.2, 0.25) is 19.1 Å². The molecule has 4 N–H and O–H groups in total. The Labute approximate surface area is 99.3 Å². The molecule has 0 aromatic heterocycles. The van der Waals surface area contributed by atoms with Crippen LogP contribution in [0.1, 0.15) is 32.6 Å². The standard InChI is InChI=1S/C9H20OSi.H4O4Si/c1-4-6-9-7-5-8-11(2,3)10-9;1-5(2,3)4/h9H,4-8H2,1-3H3;1-4H. The summed E-state index contributed by atoms with van der Waals surface area (Å²) in [4.78, 5) is 29.3. The molecule has 98 valence electrons. The Hall–Kier alpha value is 0.234. The predicted octanol–water partition coefficient (Wildman–Crippen LogP) is 0.562. The number of hydrogen-bond acceptors (Lipinski definition) is 5. The molecule has 0 spiro atoms. The van der Waals surface area contributed by atoms with E-state index in [0.29, 0.717) is 6.10 Å². The third kappa shape index (κ3) is 10.7. The van der Waals surface area contributed by atoms with Crippen LogP contribution >= 0.6 is 0 Å². The molecule has 0 aromatic carbocycles. The van der Waals surface area contributed by atoms with Gasteiger partial charge in [0.05, 0.1) is 0 Å². The van der Waals surface area contributed by atoms with Crippen LogP contribution in [0.3, 0.4) is 0 Å². The summed E-state index contributed by atoms with van der Waals surface area (Å²) < 4.78 is 6.05. The third-order valence-electron chi connectivity index (χ3n) is 2.40. The van der Waals surface area contributed by atoms with Gasteiger partial charge in [-0.05, 0) is 32.0 Å². The van der Waals surface area contributed by atoms with Crippen LogP contribution in [-0.2, 0) is 4.43 Å². The smallest absolute Gasteiger partial charge is 0.414 e. The summed E-state index contributed by atoms with van der Waals surface area (Å²) in [5.41, 5.74) is 0. The van der Waals surface area contributed by atoms with Crippen molar-refractivity contribution in [1.82, 2.24) is 0 Å². The zero-order valence-corrected chi connectivity index (χ0v) is 12.3. The van der Waals surface area contributed by atoms with Gasteiger partial charge in [0.1, 0.15) is 0 Å². The van der Waals surface area contributed by atoms with Crippen molar-refractivity contribution in [2.24, 2.45) is 0 Å². The molecular formula is C9H24O5Si2. The van der Waals surface area contributed by atoms with Crippen LogP contribution in [0.4, 0.5) is 0 Å². The van der Waals surface area contributed by atoms with Gasteiger partial charge in [0.25, 0.3) is 0 Å². The summed E-state index contributed by atoms with van der Waals surface area (Å²) in [7, 11) is -5.80. The lowest BCUT2D eigenvalue weighted by molar-refractivity contribution is 0.117. The maximum atomic E-state index is 7.33. The first-order valence-corrected chi connectivity index (χ1v) is 10.6. The van der Waals surface area contributed by atoms with Crippen molar-refractivity contribution < 1.29 is 23.6 Å². The van der Waals surface area contributed by atoms with Gasteiger partial charge < -0.3 is 23.6 Å². The topological polar surface area (TPSA) is 90.2 Å². The molecule has 1 unspecified atom stereocenters. The molecular weight excluding hydrogens is 244 g/mol. The Kier molecular flexibility index (Phi) is 6.95. The third-order valence-corrected chi connectivity index (χ3v) is 4.93. The number of rotatable bonds is 2. The maximum absolute atomic E-state index is 7.33. The average Bonchev–Trinajstić information content (AvgIpc) is 1.99. The van der Waals surface area contributed by atoms with Crippen molar-refractivity contribution in [1.29, 1.82) is 0 Å². The van der Waals surface area contributed by atoms with E-state index in [0.717, 1.165) is 0 Å².